The van der Waals surface area contributed by atoms with E-state index in [-0.39, 0.29) is 6.04 Å². The van der Waals surface area contributed by atoms with Crippen molar-refractivity contribution in [1.82, 2.24) is 5.43 Å². The second-order valence-electron chi connectivity index (χ2n) is 4.04. The highest BCUT2D eigenvalue weighted by molar-refractivity contribution is 7.99. The molecule has 0 aliphatic heterocycles. The number of hydrogen-bond donors (Lipinski definition) is 2. The van der Waals surface area contributed by atoms with E-state index in [1.165, 1.54) is 0 Å². The first-order chi connectivity index (χ1) is 9.19. The first-order valence-corrected chi connectivity index (χ1v) is 7.53. The van der Waals surface area contributed by atoms with E-state index in [1.54, 1.807) is 11.8 Å². The molecule has 0 bridgehead atoms. The van der Waals surface area contributed by atoms with Crippen LogP contribution in [-0.4, -0.2) is 5.75 Å². The zero-order chi connectivity index (χ0) is 13.7. The van der Waals surface area contributed by atoms with E-state index in [1.807, 2.05) is 48.5 Å². The van der Waals surface area contributed by atoms with Crippen molar-refractivity contribution in [2.24, 2.45) is 5.84 Å². The highest BCUT2D eigenvalue weighted by atomic mass is 35.5. The molecule has 19 heavy (non-hydrogen) atoms. The molecule has 2 aromatic rings. The maximum absolute atomic E-state index is 5.96. The highest BCUT2D eigenvalue weighted by Crippen LogP contribution is 2.26. The maximum Gasteiger partial charge on any atom is 0.0553 e. The van der Waals surface area contributed by atoms with Gasteiger partial charge in [-0.25, -0.2) is 0 Å². The van der Waals surface area contributed by atoms with Gasteiger partial charge in [-0.2, -0.15) is 0 Å². The Balaban J connectivity index is 2.01. The average molecular weight is 313 g/mol. The van der Waals surface area contributed by atoms with Gasteiger partial charge >= 0.3 is 0 Å². The molecule has 0 fully saturated rings. The molecule has 0 radical (unpaired) electrons. The van der Waals surface area contributed by atoms with E-state index in [0.717, 1.165) is 26.3 Å². The zero-order valence-electron chi connectivity index (χ0n) is 10.1. The van der Waals surface area contributed by atoms with Crippen molar-refractivity contribution in [2.45, 2.75) is 10.9 Å². The van der Waals surface area contributed by atoms with Crippen LogP contribution in [0.4, 0.5) is 0 Å². The number of hydrazine groups is 1. The van der Waals surface area contributed by atoms with E-state index in [0.29, 0.717) is 0 Å². The standard InChI is InChI=1S/C14H14Cl2N2S/c15-11-6-4-10(5-7-11)14(18-17)9-19-13-3-1-2-12(16)8-13/h1-8,14,18H,9,17H2. The minimum absolute atomic E-state index is 0.0706. The maximum atomic E-state index is 5.96. The number of rotatable bonds is 5. The van der Waals surface area contributed by atoms with Crippen LogP contribution in [0.25, 0.3) is 0 Å². The van der Waals surface area contributed by atoms with E-state index in [2.05, 4.69) is 5.43 Å². The fraction of sp³-hybridized carbons (Fsp3) is 0.143. The Hall–Kier alpha value is -0.710. The summed E-state index contributed by atoms with van der Waals surface area (Å²) in [7, 11) is 0. The van der Waals surface area contributed by atoms with E-state index < -0.39 is 0 Å². The lowest BCUT2D eigenvalue weighted by atomic mass is 10.1. The summed E-state index contributed by atoms with van der Waals surface area (Å²) in [5, 5.41) is 1.47. The highest BCUT2D eigenvalue weighted by Gasteiger charge is 2.10. The molecule has 5 heteroatoms. The largest absolute Gasteiger partial charge is 0.271 e. The van der Waals surface area contributed by atoms with Crippen LogP contribution in [0.1, 0.15) is 11.6 Å². The third-order valence-electron chi connectivity index (χ3n) is 2.69. The predicted molar refractivity (Wildman–Crippen MR) is 83.7 cm³/mol. The van der Waals surface area contributed by atoms with Gasteiger partial charge in [-0.1, -0.05) is 41.4 Å². The minimum atomic E-state index is 0.0706. The van der Waals surface area contributed by atoms with E-state index in [4.69, 9.17) is 29.0 Å². The van der Waals surface area contributed by atoms with Crippen molar-refractivity contribution in [1.29, 1.82) is 0 Å². The van der Waals surface area contributed by atoms with Crippen LogP contribution < -0.4 is 11.3 Å². The van der Waals surface area contributed by atoms with Gasteiger partial charge in [0, 0.05) is 20.7 Å². The molecular weight excluding hydrogens is 299 g/mol. The molecule has 1 atom stereocenters. The summed E-state index contributed by atoms with van der Waals surface area (Å²) in [6, 6.07) is 15.5. The molecule has 0 aromatic heterocycles. The lowest BCUT2D eigenvalue weighted by molar-refractivity contribution is 0.611. The number of nitrogens with two attached hydrogens (primary N) is 1. The Morgan fingerprint density at radius 2 is 1.79 bits per heavy atom. The summed E-state index contributed by atoms with van der Waals surface area (Å²) >= 11 is 13.5. The van der Waals surface area contributed by atoms with Gasteiger partial charge in [-0.15, -0.1) is 11.8 Å². The molecule has 0 saturated heterocycles. The molecule has 0 aliphatic rings. The van der Waals surface area contributed by atoms with E-state index in [9.17, 15) is 0 Å². The first kappa shape index (κ1) is 14.7. The molecule has 0 amide bonds. The van der Waals surface area contributed by atoms with Gasteiger partial charge in [-0.3, -0.25) is 11.3 Å². The molecule has 2 rings (SSSR count). The van der Waals surface area contributed by atoms with Crippen molar-refractivity contribution in [2.75, 3.05) is 5.75 Å². The van der Waals surface area contributed by atoms with Crippen molar-refractivity contribution >= 4 is 35.0 Å². The summed E-state index contributed by atoms with van der Waals surface area (Å²) in [4.78, 5) is 1.13. The summed E-state index contributed by atoms with van der Waals surface area (Å²) in [5.41, 5.74) is 3.94. The fourth-order valence-corrected chi connectivity index (χ4v) is 3.09. The molecule has 0 saturated carbocycles. The Labute approximate surface area is 127 Å². The second-order valence-corrected chi connectivity index (χ2v) is 6.01. The number of thioether (sulfide) groups is 1. The smallest absolute Gasteiger partial charge is 0.0553 e. The van der Waals surface area contributed by atoms with Gasteiger partial charge in [-0.05, 0) is 35.9 Å². The van der Waals surface area contributed by atoms with Gasteiger partial charge in [0.15, 0.2) is 0 Å². The molecule has 0 heterocycles. The van der Waals surface area contributed by atoms with Gasteiger partial charge in [0.2, 0.25) is 0 Å². The Kier molecular flexibility index (Phi) is 5.55. The SMILES string of the molecule is NNC(CSc1cccc(Cl)c1)c1ccc(Cl)cc1. The number of nitrogens with one attached hydrogen (secondary N) is 1. The van der Waals surface area contributed by atoms with Crippen LogP contribution in [0, 0.1) is 0 Å². The first-order valence-electron chi connectivity index (χ1n) is 5.79. The molecular formula is C14H14Cl2N2S. The molecule has 1 unspecified atom stereocenters. The predicted octanol–water partition coefficient (Wildman–Crippen LogP) is 4.29. The fourth-order valence-electron chi connectivity index (χ4n) is 1.67. The Morgan fingerprint density at radius 1 is 1.05 bits per heavy atom. The van der Waals surface area contributed by atoms with Crippen molar-refractivity contribution in [3.8, 4) is 0 Å². The third-order valence-corrected chi connectivity index (χ3v) is 4.26. The Bertz CT molecular complexity index is 531. The number of benzene rings is 2. The lowest BCUT2D eigenvalue weighted by Gasteiger charge is -2.16. The normalized spacial score (nSPS) is 12.4. The third kappa shape index (κ3) is 4.41. The number of halogens is 2. The Morgan fingerprint density at radius 3 is 2.42 bits per heavy atom. The number of hydrogen-bond acceptors (Lipinski definition) is 3. The molecule has 0 spiro atoms. The average Bonchev–Trinajstić information content (AvgIpc) is 2.41. The molecule has 100 valence electrons. The summed E-state index contributed by atoms with van der Waals surface area (Å²) < 4.78 is 0. The zero-order valence-corrected chi connectivity index (χ0v) is 12.5. The van der Waals surface area contributed by atoms with Crippen molar-refractivity contribution in [3.05, 3.63) is 64.1 Å². The van der Waals surface area contributed by atoms with Crippen molar-refractivity contribution in [3.63, 3.8) is 0 Å². The van der Waals surface area contributed by atoms with Gasteiger partial charge in [0.1, 0.15) is 0 Å². The van der Waals surface area contributed by atoms with Crippen molar-refractivity contribution < 1.29 is 0 Å². The van der Waals surface area contributed by atoms with Gasteiger partial charge in [0.05, 0.1) is 6.04 Å². The molecule has 2 aromatic carbocycles. The summed E-state index contributed by atoms with van der Waals surface area (Å²) in [6.07, 6.45) is 0. The van der Waals surface area contributed by atoms with Gasteiger partial charge < -0.3 is 0 Å². The topological polar surface area (TPSA) is 38.0 Å². The van der Waals surface area contributed by atoms with Crippen LogP contribution in [-0.2, 0) is 0 Å². The monoisotopic (exact) mass is 312 g/mol. The van der Waals surface area contributed by atoms with Crippen LogP contribution in [0.3, 0.4) is 0 Å². The second kappa shape index (κ2) is 7.17. The van der Waals surface area contributed by atoms with Crippen LogP contribution in [0.5, 0.6) is 0 Å². The lowest BCUT2D eigenvalue weighted by Crippen LogP contribution is -2.29. The molecule has 0 aliphatic carbocycles. The molecule has 2 nitrogen and oxygen atoms in total. The molecule has 3 N–H and O–H groups in total. The van der Waals surface area contributed by atoms with Crippen LogP contribution in [0.15, 0.2) is 53.4 Å². The quantitative estimate of drug-likeness (QED) is 0.491. The van der Waals surface area contributed by atoms with E-state index >= 15 is 0 Å². The van der Waals surface area contributed by atoms with Gasteiger partial charge in [0.25, 0.3) is 0 Å². The minimum Gasteiger partial charge on any atom is -0.271 e. The summed E-state index contributed by atoms with van der Waals surface area (Å²) in [6.45, 7) is 0. The summed E-state index contributed by atoms with van der Waals surface area (Å²) in [5.74, 6) is 6.43. The van der Waals surface area contributed by atoms with Crippen LogP contribution >= 0.6 is 35.0 Å². The van der Waals surface area contributed by atoms with Crippen LogP contribution in [0.2, 0.25) is 10.0 Å².